The minimum Gasteiger partial charge on any atom is -0.457 e. The third-order valence-corrected chi connectivity index (χ3v) is 12.6. The van der Waals surface area contributed by atoms with Gasteiger partial charge in [0.05, 0.1) is 17.5 Å². The van der Waals surface area contributed by atoms with Crippen molar-refractivity contribution >= 4 is 61.8 Å². The predicted molar refractivity (Wildman–Crippen MR) is 248 cm³/mol. The summed E-state index contributed by atoms with van der Waals surface area (Å²) in [5.41, 5.74) is 8.44. The highest BCUT2D eigenvalue weighted by Crippen LogP contribution is 2.41. The number of benzene rings is 3. The molecule has 1 unspecified atom stereocenters. The van der Waals surface area contributed by atoms with Crippen LogP contribution in [0, 0.1) is 0 Å². The lowest BCUT2D eigenvalue weighted by molar-refractivity contribution is -0.136. The summed E-state index contributed by atoms with van der Waals surface area (Å²) in [7, 11) is -2.36. The molecule has 2 aromatic heterocycles. The van der Waals surface area contributed by atoms with Gasteiger partial charge in [-0.25, -0.2) is 8.42 Å². The van der Waals surface area contributed by atoms with Gasteiger partial charge in [0.15, 0.2) is 0 Å². The molecule has 3 aliphatic rings. The number of hydrogen-bond donors (Lipinski definition) is 7. The highest BCUT2D eigenvalue weighted by Gasteiger charge is 2.40. The highest BCUT2D eigenvalue weighted by atomic mass is 32.2. The van der Waals surface area contributed by atoms with E-state index in [2.05, 4.69) is 35.9 Å². The average Bonchev–Trinajstić information content (AvgIpc) is 3.89. The quantitative estimate of drug-likeness (QED) is 0.0557. The molecular weight excluding hydrogens is 869 g/mol. The minimum absolute atomic E-state index is 0.00769. The fraction of sp³-hybridized carbons (Fsp3) is 0.348. The van der Waals surface area contributed by atoms with Crippen LogP contribution in [-0.4, -0.2) is 115 Å². The molecule has 20 heteroatoms. The van der Waals surface area contributed by atoms with E-state index in [9.17, 15) is 37.2 Å². The zero-order chi connectivity index (χ0) is 46.7. The number of fused-ring (bicyclic) bond motifs is 2. The number of sulfonamides is 1. The van der Waals surface area contributed by atoms with Crippen molar-refractivity contribution in [1.29, 1.82) is 0 Å². The Hall–Kier alpha value is -7.03. The zero-order valence-corrected chi connectivity index (χ0v) is 37.4. The number of nitrogens with two attached hydrogens (primary N) is 1. The third-order valence-electron chi connectivity index (χ3n) is 12.0. The Morgan fingerprint density at radius 3 is 2.36 bits per heavy atom. The number of nitrogens with zero attached hydrogens (tertiary/aromatic N) is 3. The van der Waals surface area contributed by atoms with Crippen LogP contribution in [0.15, 0.2) is 77.7 Å². The molecule has 66 heavy (non-hydrogen) atoms. The number of ether oxygens (including phenoxy) is 1. The number of carbonyl (C=O) groups excluding carboxylic acids is 5. The van der Waals surface area contributed by atoms with Crippen LogP contribution in [0.5, 0.6) is 11.5 Å². The van der Waals surface area contributed by atoms with Gasteiger partial charge in [0.2, 0.25) is 21.8 Å². The smallest absolute Gasteiger partial charge is 0.274 e. The summed E-state index contributed by atoms with van der Waals surface area (Å²) in [5, 5.41) is 12.0. The number of pyridine rings is 1. The molecule has 5 amide bonds. The van der Waals surface area contributed by atoms with E-state index < -0.39 is 39.3 Å². The van der Waals surface area contributed by atoms with Crippen LogP contribution in [0.3, 0.4) is 0 Å². The monoisotopic (exact) mass is 920 g/mol. The second kappa shape index (κ2) is 19.2. The van der Waals surface area contributed by atoms with E-state index in [-0.39, 0.29) is 72.1 Å². The fourth-order valence-electron chi connectivity index (χ4n) is 8.76. The van der Waals surface area contributed by atoms with Gasteiger partial charge in [0, 0.05) is 98.3 Å². The minimum atomic E-state index is -3.91. The van der Waals surface area contributed by atoms with E-state index in [1.807, 2.05) is 18.2 Å². The van der Waals surface area contributed by atoms with Crippen LogP contribution >= 0.6 is 0 Å². The molecule has 0 radical (unpaired) electrons. The number of nitrogens with one attached hydrogen (secondary N) is 6. The van der Waals surface area contributed by atoms with Crippen molar-refractivity contribution in [2.75, 3.05) is 55.6 Å². The number of imide groups is 1. The Bertz CT molecular complexity index is 2890. The maximum Gasteiger partial charge on any atom is 0.274 e. The van der Waals surface area contributed by atoms with Crippen molar-refractivity contribution in [2.45, 2.75) is 50.7 Å². The second-order valence-corrected chi connectivity index (χ2v) is 18.5. The van der Waals surface area contributed by atoms with Crippen LogP contribution in [0.4, 0.5) is 11.4 Å². The number of aromatic nitrogens is 2. The van der Waals surface area contributed by atoms with Gasteiger partial charge in [0.1, 0.15) is 28.8 Å². The first kappa shape index (κ1) is 45.5. The first-order chi connectivity index (χ1) is 31.7. The van der Waals surface area contributed by atoms with Gasteiger partial charge in [-0.2, -0.15) is 0 Å². The Balaban J connectivity index is 0.949. The van der Waals surface area contributed by atoms with E-state index >= 15 is 0 Å². The van der Waals surface area contributed by atoms with Crippen molar-refractivity contribution in [3.63, 3.8) is 0 Å². The fourth-order valence-corrected chi connectivity index (χ4v) is 9.32. The first-order valence-electron chi connectivity index (χ1n) is 21.8. The SMILES string of the molecule is Cn1cc(-c2cc(NS(C)(=O)=O)c(C(=O)NCCCN3CCC(Nc4cccc5c4CN(C4CCC(=O)NC4=O)C5=O)CC3)cc2Oc2ccccc2)c2cc(C(=O)NCCN)[nH]c2c1=O. The molecule has 0 bridgehead atoms. The number of likely N-dealkylation sites (tertiary alicyclic amines) is 1. The second-order valence-electron chi connectivity index (χ2n) is 16.8. The van der Waals surface area contributed by atoms with Crippen LogP contribution in [0.25, 0.3) is 22.0 Å². The molecule has 0 spiro atoms. The molecule has 0 saturated carbocycles. The Morgan fingerprint density at radius 2 is 1.64 bits per heavy atom. The predicted octanol–water partition coefficient (Wildman–Crippen LogP) is 2.84. The van der Waals surface area contributed by atoms with Gasteiger partial charge in [-0.15, -0.1) is 0 Å². The van der Waals surface area contributed by atoms with Crippen LogP contribution < -0.4 is 42.0 Å². The van der Waals surface area contributed by atoms with Crippen molar-refractivity contribution in [1.82, 2.24) is 35.3 Å². The van der Waals surface area contributed by atoms with Gasteiger partial charge in [-0.05, 0) is 74.7 Å². The Kier molecular flexibility index (Phi) is 13.3. The number of para-hydroxylation sites is 1. The van der Waals surface area contributed by atoms with Crippen molar-refractivity contribution in [3.8, 4) is 22.6 Å². The molecule has 346 valence electrons. The molecule has 0 aliphatic carbocycles. The van der Waals surface area contributed by atoms with Gasteiger partial charge in [-0.1, -0.05) is 24.3 Å². The lowest BCUT2D eigenvalue weighted by Crippen LogP contribution is -2.52. The number of H-pyrrole nitrogens is 1. The normalized spacial score (nSPS) is 16.8. The summed E-state index contributed by atoms with van der Waals surface area (Å²) < 4.78 is 35.7. The first-order valence-corrected chi connectivity index (χ1v) is 23.7. The molecule has 3 aliphatic heterocycles. The van der Waals surface area contributed by atoms with Crippen molar-refractivity contribution in [2.24, 2.45) is 12.8 Å². The summed E-state index contributed by atoms with van der Waals surface area (Å²) in [5.74, 6) is -1.37. The van der Waals surface area contributed by atoms with Gasteiger partial charge < -0.3 is 45.8 Å². The largest absolute Gasteiger partial charge is 0.457 e. The van der Waals surface area contributed by atoms with E-state index in [0.29, 0.717) is 53.8 Å². The van der Waals surface area contributed by atoms with E-state index in [4.69, 9.17) is 10.5 Å². The lowest BCUT2D eigenvalue weighted by atomic mass is 9.99. The number of aryl methyl sites for hydroxylation is 1. The molecule has 2 fully saturated rings. The maximum atomic E-state index is 14.0. The molecule has 2 saturated heterocycles. The number of aromatic amines is 1. The molecule has 3 aromatic carbocycles. The van der Waals surface area contributed by atoms with Gasteiger partial charge >= 0.3 is 0 Å². The number of rotatable bonds is 16. The van der Waals surface area contributed by atoms with Crippen LogP contribution in [0.2, 0.25) is 0 Å². The lowest BCUT2D eigenvalue weighted by Gasteiger charge is -2.33. The van der Waals surface area contributed by atoms with Crippen molar-refractivity contribution in [3.05, 3.63) is 106 Å². The molecule has 5 aromatic rings. The van der Waals surface area contributed by atoms with Crippen LogP contribution in [-0.2, 0) is 33.2 Å². The molecule has 8 rings (SSSR count). The maximum absolute atomic E-state index is 14.0. The zero-order valence-electron chi connectivity index (χ0n) is 36.6. The Labute approximate surface area is 380 Å². The van der Waals surface area contributed by atoms with E-state index in [0.717, 1.165) is 43.4 Å². The number of carbonyl (C=O) groups is 5. The molecule has 19 nitrogen and oxygen atoms in total. The average molecular weight is 921 g/mol. The number of hydrogen-bond acceptors (Lipinski definition) is 12. The summed E-state index contributed by atoms with van der Waals surface area (Å²) in [6.45, 7) is 3.31. The molecule has 8 N–H and O–H groups in total. The summed E-state index contributed by atoms with van der Waals surface area (Å²) in [6.07, 6.45) is 5.32. The summed E-state index contributed by atoms with van der Waals surface area (Å²) >= 11 is 0. The Morgan fingerprint density at radius 1 is 0.879 bits per heavy atom. The molecular formula is C46H52N10O9S. The van der Waals surface area contributed by atoms with Crippen molar-refractivity contribution < 1.29 is 37.1 Å². The summed E-state index contributed by atoms with van der Waals surface area (Å²) in [6, 6.07) is 18.3. The van der Waals surface area contributed by atoms with Crippen LogP contribution in [0.1, 0.15) is 68.9 Å². The number of piperidine rings is 2. The highest BCUT2D eigenvalue weighted by molar-refractivity contribution is 7.92. The number of anilines is 2. The van der Waals surface area contributed by atoms with Gasteiger partial charge in [0.25, 0.3) is 23.3 Å². The van der Waals surface area contributed by atoms with Gasteiger partial charge in [-0.3, -0.25) is 38.8 Å². The molecule has 5 heterocycles. The molecule has 1 atom stereocenters. The third kappa shape index (κ3) is 9.94. The standard InChI is InChI=1S/C46H52N10O9S/c1-54-25-33(31-23-37(43(59)49-18-16-47)51-41(31)46(54)62)30-22-36(53-66(2,63)64)32(24-39(30)65-28-8-4-3-5-9-28)42(58)48-17-7-19-55-20-14-27(15-21-55)50-35-11-6-10-29-34(35)26-56(45(29)61)38-12-13-40(57)52-44(38)60/h3-6,8-11,22-25,27,38,50-51,53H,7,12-21,26,47H2,1-2H3,(H,48,58)(H,49,59)(H,52,57,60). The summed E-state index contributed by atoms with van der Waals surface area (Å²) in [4.78, 5) is 84.7. The number of amides is 5. The van der Waals surface area contributed by atoms with E-state index in [1.54, 1.807) is 48.5 Å². The topological polar surface area (TPSA) is 259 Å². The van der Waals surface area contributed by atoms with E-state index in [1.165, 1.54) is 22.8 Å².